The Morgan fingerprint density at radius 3 is 1.46 bits per heavy atom. The molecule has 0 unspecified atom stereocenters. The highest BCUT2D eigenvalue weighted by atomic mass is 16.3. The van der Waals surface area contributed by atoms with Gasteiger partial charge in [-0.1, -0.05) is 115 Å². The predicted molar refractivity (Wildman–Crippen MR) is 146 cm³/mol. The van der Waals surface area contributed by atoms with Gasteiger partial charge >= 0.3 is 0 Å². The quantitative estimate of drug-likeness (QED) is 0.199. The lowest BCUT2D eigenvalue weighted by Gasteiger charge is -2.19. The van der Waals surface area contributed by atoms with Gasteiger partial charge in [-0.25, -0.2) is 0 Å². The molecule has 0 radical (unpaired) electrons. The van der Waals surface area contributed by atoms with Crippen molar-refractivity contribution in [3.63, 3.8) is 0 Å². The lowest BCUT2D eigenvalue weighted by Crippen LogP contribution is -1.97. The van der Waals surface area contributed by atoms with E-state index >= 15 is 0 Å². The van der Waals surface area contributed by atoms with Crippen molar-refractivity contribution < 1.29 is 5.11 Å². The Hall–Kier alpha value is -4.69. The maximum atomic E-state index is 10.0. The lowest BCUT2D eigenvalue weighted by atomic mass is 9.85. The number of rotatable bonds is 6. The van der Waals surface area contributed by atoms with E-state index in [0.29, 0.717) is 5.56 Å². The summed E-state index contributed by atoms with van der Waals surface area (Å²) in [5.74, 6) is 0.111. The van der Waals surface area contributed by atoms with E-state index in [9.17, 15) is 5.11 Å². The van der Waals surface area contributed by atoms with Gasteiger partial charge in [0.1, 0.15) is 5.75 Å². The standard InChI is InChI=1S/C33H25NO/c34-23-30-22-28(19-20-31(30)35)27-17-10-18-29(21-27)33(26-15-8-3-9-16-26)32(24-11-4-1-5-12-24)25-13-6-2-7-14-25/h1-23,34-35H. The number of phenols is 1. The second kappa shape index (κ2) is 10.1. The van der Waals surface area contributed by atoms with Gasteiger partial charge in [0.05, 0.1) is 0 Å². The van der Waals surface area contributed by atoms with Crippen LogP contribution in [0, 0.1) is 5.41 Å². The van der Waals surface area contributed by atoms with Gasteiger partial charge in [-0.3, -0.25) is 0 Å². The minimum atomic E-state index is 0.111. The summed E-state index contributed by atoms with van der Waals surface area (Å²) in [6, 6.07) is 45.4. The summed E-state index contributed by atoms with van der Waals surface area (Å²) in [6.07, 6.45) is 1.18. The molecule has 0 aromatic heterocycles. The summed E-state index contributed by atoms with van der Waals surface area (Å²) in [7, 11) is 0. The molecule has 168 valence electrons. The number of hydrogen-bond acceptors (Lipinski definition) is 2. The SMILES string of the molecule is N=Cc1cc(-c2cccc(C(=C(c3ccccc3)c3ccccc3)c3ccccc3)c2)ccc1O. The molecule has 0 aliphatic rings. The van der Waals surface area contributed by atoms with Crippen LogP contribution in [0.2, 0.25) is 0 Å². The first-order valence-electron chi connectivity index (χ1n) is 11.6. The second-order valence-electron chi connectivity index (χ2n) is 8.35. The van der Waals surface area contributed by atoms with Gasteiger partial charge in [-0.2, -0.15) is 0 Å². The van der Waals surface area contributed by atoms with E-state index in [1.807, 2.05) is 30.3 Å². The van der Waals surface area contributed by atoms with Crippen molar-refractivity contribution in [3.05, 3.63) is 161 Å². The van der Waals surface area contributed by atoms with Gasteiger partial charge in [0, 0.05) is 11.8 Å². The highest BCUT2D eigenvalue weighted by Crippen LogP contribution is 2.38. The van der Waals surface area contributed by atoms with Crippen molar-refractivity contribution >= 4 is 17.4 Å². The molecule has 5 rings (SSSR count). The summed E-state index contributed by atoms with van der Waals surface area (Å²) in [6.45, 7) is 0. The Bertz CT molecular complexity index is 1450. The van der Waals surface area contributed by atoms with Crippen LogP contribution in [-0.2, 0) is 0 Å². The Kier molecular flexibility index (Phi) is 6.36. The van der Waals surface area contributed by atoms with Gasteiger partial charge in [-0.15, -0.1) is 0 Å². The molecular weight excluding hydrogens is 426 g/mol. The molecular formula is C33H25NO. The zero-order valence-electron chi connectivity index (χ0n) is 19.2. The average Bonchev–Trinajstić information content (AvgIpc) is 2.93. The van der Waals surface area contributed by atoms with Crippen LogP contribution in [0.3, 0.4) is 0 Å². The summed E-state index contributed by atoms with van der Waals surface area (Å²) in [5, 5.41) is 17.7. The van der Waals surface area contributed by atoms with Gasteiger partial charge in [0.2, 0.25) is 0 Å². The van der Waals surface area contributed by atoms with Crippen LogP contribution < -0.4 is 0 Å². The van der Waals surface area contributed by atoms with Crippen molar-refractivity contribution in [2.75, 3.05) is 0 Å². The minimum absolute atomic E-state index is 0.111. The molecule has 0 aliphatic heterocycles. The Balaban J connectivity index is 1.80. The second-order valence-corrected chi connectivity index (χ2v) is 8.35. The maximum Gasteiger partial charge on any atom is 0.124 e. The van der Waals surface area contributed by atoms with Gasteiger partial charge in [0.15, 0.2) is 0 Å². The molecule has 2 heteroatoms. The number of benzene rings is 5. The topological polar surface area (TPSA) is 44.1 Å². The zero-order chi connectivity index (χ0) is 24.0. The predicted octanol–water partition coefficient (Wildman–Crippen LogP) is 8.06. The zero-order valence-corrected chi connectivity index (χ0v) is 19.2. The maximum absolute atomic E-state index is 10.0. The molecule has 0 bridgehead atoms. The highest BCUT2D eigenvalue weighted by molar-refractivity contribution is 6.05. The van der Waals surface area contributed by atoms with E-state index in [0.717, 1.165) is 39.0 Å². The Morgan fingerprint density at radius 1 is 0.486 bits per heavy atom. The molecule has 0 amide bonds. The van der Waals surface area contributed by atoms with E-state index in [1.165, 1.54) is 11.8 Å². The van der Waals surface area contributed by atoms with Crippen LogP contribution in [0.4, 0.5) is 0 Å². The molecule has 0 saturated carbocycles. The van der Waals surface area contributed by atoms with Crippen LogP contribution in [0.5, 0.6) is 5.75 Å². The molecule has 35 heavy (non-hydrogen) atoms. The summed E-state index contributed by atoms with van der Waals surface area (Å²) in [4.78, 5) is 0. The van der Waals surface area contributed by atoms with Gasteiger partial charge < -0.3 is 10.5 Å². The molecule has 2 nitrogen and oxygen atoms in total. The largest absolute Gasteiger partial charge is 0.507 e. The van der Waals surface area contributed by atoms with E-state index < -0.39 is 0 Å². The lowest BCUT2D eigenvalue weighted by molar-refractivity contribution is 0.474. The Labute approximate surface area is 206 Å². The fourth-order valence-electron chi connectivity index (χ4n) is 4.43. The molecule has 0 heterocycles. The molecule has 0 aliphatic carbocycles. The third-order valence-corrected chi connectivity index (χ3v) is 6.11. The van der Waals surface area contributed by atoms with Crippen molar-refractivity contribution in [2.24, 2.45) is 0 Å². The first-order chi connectivity index (χ1) is 17.2. The first kappa shape index (κ1) is 22.1. The van der Waals surface area contributed by atoms with E-state index in [4.69, 9.17) is 5.41 Å². The number of hydrogen-bond donors (Lipinski definition) is 2. The van der Waals surface area contributed by atoms with E-state index in [1.54, 1.807) is 6.07 Å². The smallest absolute Gasteiger partial charge is 0.124 e. The van der Waals surface area contributed by atoms with Crippen molar-refractivity contribution in [3.8, 4) is 16.9 Å². The van der Waals surface area contributed by atoms with Crippen LogP contribution in [0.25, 0.3) is 22.3 Å². The summed E-state index contributed by atoms with van der Waals surface area (Å²) >= 11 is 0. The fraction of sp³-hybridized carbons (Fsp3) is 0. The monoisotopic (exact) mass is 451 g/mol. The third-order valence-electron chi connectivity index (χ3n) is 6.11. The Morgan fingerprint density at radius 2 is 0.943 bits per heavy atom. The molecule has 2 N–H and O–H groups in total. The van der Waals surface area contributed by atoms with Crippen molar-refractivity contribution in [2.45, 2.75) is 0 Å². The van der Waals surface area contributed by atoms with Crippen LogP contribution in [-0.4, -0.2) is 11.3 Å². The summed E-state index contributed by atoms with van der Waals surface area (Å²) in [5.41, 5.74) is 9.34. The van der Waals surface area contributed by atoms with E-state index in [2.05, 4.69) is 97.1 Å². The number of nitrogens with one attached hydrogen (secondary N) is 1. The van der Waals surface area contributed by atoms with Gasteiger partial charge in [-0.05, 0) is 62.7 Å². The fourth-order valence-corrected chi connectivity index (χ4v) is 4.43. The molecule has 0 atom stereocenters. The first-order valence-corrected chi connectivity index (χ1v) is 11.6. The van der Waals surface area contributed by atoms with E-state index in [-0.39, 0.29) is 5.75 Å². The molecule has 5 aromatic rings. The molecule has 0 fully saturated rings. The highest BCUT2D eigenvalue weighted by Gasteiger charge is 2.16. The molecule has 5 aromatic carbocycles. The number of phenolic OH excluding ortho intramolecular Hbond substituents is 1. The third kappa shape index (κ3) is 4.68. The minimum Gasteiger partial charge on any atom is -0.507 e. The molecule has 0 saturated heterocycles. The summed E-state index contributed by atoms with van der Waals surface area (Å²) < 4.78 is 0. The van der Waals surface area contributed by atoms with Crippen LogP contribution >= 0.6 is 0 Å². The van der Waals surface area contributed by atoms with Crippen LogP contribution in [0.1, 0.15) is 27.8 Å². The van der Waals surface area contributed by atoms with Gasteiger partial charge in [0.25, 0.3) is 0 Å². The van der Waals surface area contributed by atoms with Crippen LogP contribution in [0.15, 0.2) is 133 Å². The van der Waals surface area contributed by atoms with Crippen molar-refractivity contribution in [1.29, 1.82) is 5.41 Å². The van der Waals surface area contributed by atoms with Crippen molar-refractivity contribution in [1.82, 2.24) is 0 Å². The molecule has 0 spiro atoms. The number of aromatic hydroxyl groups is 1. The average molecular weight is 452 g/mol. The normalized spacial score (nSPS) is 10.5.